The van der Waals surface area contributed by atoms with Gasteiger partial charge in [0.25, 0.3) is 0 Å². The van der Waals surface area contributed by atoms with Crippen LogP contribution in [0.1, 0.15) is 6.42 Å². The minimum absolute atomic E-state index is 0.00548. The number of hydrogen-bond acceptors (Lipinski definition) is 14. The Morgan fingerprint density at radius 1 is 1.14 bits per heavy atom. The highest BCUT2D eigenvalue weighted by Gasteiger charge is 2.47. The van der Waals surface area contributed by atoms with E-state index in [4.69, 9.17) is 24.1 Å². The second-order valence-corrected chi connectivity index (χ2v) is 10.2. The molecule has 1 fully saturated rings. The maximum atomic E-state index is 13.1. The standard InChI is InChI=1S/C28H39NO14/c1-2-18-19(4-3-15-9-16(25(37)38)11-29(10-15)6-7-30)20(26(39)40-8-5-17(33)12-31)14-41-27(18)43-28-24(36)23(35)22(34)21(13-32)42-28/h2-4,9,11,14,17-19,21-24,27-28,30-36H,1,5-8,10,12-13H2,(H,37,38)/b4-3+/t17-,18+,19-,21+,22+,23-,24+,27-,28-/m0/s1. The Balaban J connectivity index is 1.90. The van der Waals surface area contributed by atoms with Crippen LogP contribution in [0.4, 0.5) is 0 Å². The van der Waals surface area contributed by atoms with Gasteiger partial charge in [0.2, 0.25) is 6.29 Å². The molecule has 3 rings (SSSR count). The number of aliphatic hydroxyl groups excluding tert-OH is 7. The lowest BCUT2D eigenvalue weighted by Crippen LogP contribution is -2.60. The summed E-state index contributed by atoms with van der Waals surface area (Å²) in [5.74, 6) is -3.71. The summed E-state index contributed by atoms with van der Waals surface area (Å²) >= 11 is 0. The summed E-state index contributed by atoms with van der Waals surface area (Å²) in [7, 11) is 0. The van der Waals surface area contributed by atoms with Crippen LogP contribution in [0, 0.1) is 11.8 Å². The van der Waals surface area contributed by atoms with Gasteiger partial charge in [-0.1, -0.05) is 18.2 Å². The Labute approximate surface area is 247 Å². The number of aliphatic hydroxyl groups is 7. The zero-order valence-corrected chi connectivity index (χ0v) is 23.3. The maximum Gasteiger partial charge on any atom is 0.337 e. The molecule has 0 aromatic heterocycles. The van der Waals surface area contributed by atoms with Crippen LogP contribution in [0.25, 0.3) is 0 Å². The van der Waals surface area contributed by atoms with Crippen LogP contribution < -0.4 is 0 Å². The van der Waals surface area contributed by atoms with Crippen LogP contribution in [0.5, 0.6) is 0 Å². The van der Waals surface area contributed by atoms with Crippen molar-refractivity contribution in [3.05, 3.63) is 60.1 Å². The number of carboxylic acids is 1. The van der Waals surface area contributed by atoms with Crippen molar-refractivity contribution >= 4 is 11.9 Å². The number of carbonyl (C=O) groups is 2. The Hall–Kier alpha value is -3.12. The molecule has 0 aliphatic carbocycles. The molecule has 15 nitrogen and oxygen atoms in total. The van der Waals surface area contributed by atoms with Gasteiger partial charge >= 0.3 is 11.9 Å². The van der Waals surface area contributed by atoms with Gasteiger partial charge in [-0.3, -0.25) is 0 Å². The fourth-order valence-corrected chi connectivity index (χ4v) is 4.73. The summed E-state index contributed by atoms with van der Waals surface area (Å²) in [6, 6.07) is 0. The molecule has 240 valence electrons. The lowest BCUT2D eigenvalue weighted by atomic mass is 9.83. The van der Waals surface area contributed by atoms with E-state index in [-0.39, 0.29) is 43.9 Å². The minimum Gasteiger partial charge on any atom is -0.478 e. The fourth-order valence-electron chi connectivity index (χ4n) is 4.73. The lowest BCUT2D eigenvalue weighted by molar-refractivity contribution is -0.338. The highest BCUT2D eigenvalue weighted by Crippen LogP contribution is 2.36. The smallest absolute Gasteiger partial charge is 0.337 e. The van der Waals surface area contributed by atoms with Crippen molar-refractivity contribution in [2.75, 3.05) is 39.5 Å². The predicted octanol–water partition coefficient (Wildman–Crippen LogP) is -2.49. The van der Waals surface area contributed by atoms with Gasteiger partial charge in [0.05, 0.1) is 55.9 Å². The van der Waals surface area contributed by atoms with Crippen molar-refractivity contribution in [2.24, 2.45) is 11.8 Å². The number of rotatable bonds is 14. The van der Waals surface area contributed by atoms with Crippen molar-refractivity contribution in [3.8, 4) is 0 Å². The van der Waals surface area contributed by atoms with E-state index in [1.54, 1.807) is 17.1 Å². The summed E-state index contributed by atoms with van der Waals surface area (Å²) in [5.41, 5.74) is 0.520. The first-order valence-corrected chi connectivity index (χ1v) is 13.6. The normalized spacial score (nSPS) is 31.9. The summed E-state index contributed by atoms with van der Waals surface area (Å²) in [6.07, 6.45) is -1.69. The van der Waals surface area contributed by atoms with Crippen LogP contribution in [0.3, 0.4) is 0 Å². The molecule has 1 saturated heterocycles. The van der Waals surface area contributed by atoms with Crippen LogP contribution in [0.2, 0.25) is 0 Å². The Bertz CT molecular complexity index is 1100. The molecule has 0 aromatic carbocycles. The molecule has 0 unspecified atom stereocenters. The van der Waals surface area contributed by atoms with E-state index in [1.165, 1.54) is 18.4 Å². The van der Waals surface area contributed by atoms with E-state index in [0.29, 0.717) is 5.57 Å². The van der Waals surface area contributed by atoms with Gasteiger partial charge in [0.1, 0.15) is 24.4 Å². The van der Waals surface area contributed by atoms with Gasteiger partial charge in [-0.25, -0.2) is 9.59 Å². The Morgan fingerprint density at radius 2 is 1.88 bits per heavy atom. The number of aliphatic carboxylic acids is 1. The van der Waals surface area contributed by atoms with E-state index < -0.39 is 80.1 Å². The van der Waals surface area contributed by atoms with Crippen molar-refractivity contribution in [1.82, 2.24) is 4.90 Å². The average molecular weight is 614 g/mol. The third kappa shape index (κ3) is 8.72. The van der Waals surface area contributed by atoms with Gasteiger partial charge in [-0.05, 0) is 11.6 Å². The number of carboxylic acid groups (broad SMARTS) is 1. The largest absolute Gasteiger partial charge is 0.478 e. The van der Waals surface area contributed by atoms with E-state index in [0.717, 1.165) is 6.26 Å². The zero-order valence-electron chi connectivity index (χ0n) is 23.3. The molecular weight excluding hydrogens is 574 g/mol. The molecule has 3 aliphatic rings. The zero-order chi connectivity index (χ0) is 31.7. The molecule has 0 radical (unpaired) electrons. The summed E-state index contributed by atoms with van der Waals surface area (Å²) in [5, 5.41) is 77.6. The first-order valence-electron chi connectivity index (χ1n) is 13.6. The molecule has 43 heavy (non-hydrogen) atoms. The van der Waals surface area contributed by atoms with E-state index in [1.807, 2.05) is 0 Å². The van der Waals surface area contributed by atoms with Gasteiger partial charge in [-0.15, -0.1) is 6.58 Å². The minimum atomic E-state index is -1.72. The third-order valence-electron chi connectivity index (χ3n) is 7.14. The molecule has 0 amide bonds. The van der Waals surface area contributed by atoms with E-state index in [2.05, 4.69) is 6.58 Å². The van der Waals surface area contributed by atoms with Gasteiger partial charge in [0.15, 0.2) is 6.29 Å². The van der Waals surface area contributed by atoms with Crippen LogP contribution >= 0.6 is 0 Å². The monoisotopic (exact) mass is 613 g/mol. The molecule has 0 bridgehead atoms. The third-order valence-corrected chi connectivity index (χ3v) is 7.14. The molecule has 8 N–H and O–H groups in total. The molecule has 0 saturated carbocycles. The quantitative estimate of drug-likeness (QED) is 0.0747. The highest BCUT2D eigenvalue weighted by molar-refractivity contribution is 5.90. The van der Waals surface area contributed by atoms with Crippen molar-refractivity contribution in [3.63, 3.8) is 0 Å². The number of β-amino-alcohol motifs (C(OH)–C–C–N with tert-alkyl or cyclic N) is 1. The predicted molar refractivity (Wildman–Crippen MR) is 145 cm³/mol. The molecular formula is C28H39NO14. The first kappa shape index (κ1) is 34.4. The number of allylic oxidation sites excluding steroid dienone is 1. The Kier molecular flexibility index (Phi) is 12.9. The molecule has 9 atom stereocenters. The first-order chi connectivity index (χ1) is 20.5. The van der Waals surface area contributed by atoms with Gasteiger partial charge < -0.3 is 64.7 Å². The highest BCUT2D eigenvalue weighted by atomic mass is 16.8. The number of carbonyl (C=O) groups excluding carboxylic acids is 1. The van der Waals surface area contributed by atoms with Crippen LogP contribution in [-0.2, 0) is 28.5 Å². The molecule has 0 spiro atoms. The molecule has 15 heteroatoms. The molecule has 0 aromatic rings. The van der Waals surface area contributed by atoms with Crippen molar-refractivity contribution in [1.29, 1.82) is 0 Å². The maximum absolute atomic E-state index is 13.1. The van der Waals surface area contributed by atoms with Gasteiger partial charge in [-0.2, -0.15) is 0 Å². The molecule has 3 aliphatic heterocycles. The second kappa shape index (κ2) is 16.1. The van der Waals surface area contributed by atoms with Crippen molar-refractivity contribution in [2.45, 2.75) is 49.5 Å². The summed E-state index contributed by atoms with van der Waals surface area (Å²) < 4.78 is 22.1. The lowest BCUT2D eigenvalue weighted by Gasteiger charge is -2.42. The second-order valence-electron chi connectivity index (χ2n) is 10.2. The van der Waals surface area contributed by atoms with E-state index in [9.17, 15) is 45.3 Å². The number of nitrogens with zero attached hydrogens (tertiary/aromatic N) is 1. The Morgan fingerprint density at radius 3 is 2.51 bits per heavy atom. The number of esters is 1. The number of hydrogen-bond donors (Lipinski definition) is 8. The summed E-state index contributed by atoms with van der Waals surface area (Å²) in [6.45, 7) is 2.62. The van der Waals surface area contributed by atoms with Gasteiger partial charge in [0, 0.05) is 31.6 Å². The van der Waals surface area contributed by atoms with Crippen LogP contribution in [0.15, 0.2) is 60.1 Å². The average Bonchev–Trinajstić information content (AvgIpc) is 2.99. The number of ether oxygens (including phenoxy) is 4. The van der Waals surface area contributed by atoms with Crippen LogP contribution in [-0.4, -0.2) is 140 Å². The topological polar surface area (TPSA) is 236 Å². The van der Waals surface area contributed by atoms with E-state index >= 15 is 0 Å². The molecule has 3 heterocycles. The SMILES string of the molecule is C=C[C@H]1[C@H](O[C@@H]2O[C@H](CO)[C@@H](O)[C@H](O)[C@H]2O)OC=C(C(=O)OCC[C@H](O)CO)[C@H]1/C=C/C1=CC(C(=O)O)=CN(CCO)C1. The summed E-state index contributed by atoms with van der Waals surface area (Å²) in [4.78, 5) is 26.3. The van der Waals surface area contributed by atoms with Crippen molar-refractivity contribution < 1.29 is 69.4 Å². The fraction of sp³-hybridized carbons (Fsp3) is 0.571.